The highest BCUT2D eigenvalue weighted by molar-refractivity contribution is 14.1. The highest BCUT2D eigenvalue weighted by Crippen LogP contribution is 2.19. The maximum Gasteiger partial charge on any atom is 0.328 e. The second-order valence-electron chi connectivity index (χ2n) is 3.95. The maximum atomic E-state index is 11.9. The topological polar surface area (TPSA) is 130 Å². The Morgan fingerprint density at radius 3 is 2.50 bits per heavy atom. The lowest BCUT2D eigenvalue weighted by Crippen LogP contribution is -2.47. The number of benzene rings is 1. The number of hydrogen-bond acceptors (Lipinski definition) is 5. The van der Waals surface area contributed by atoms with E-state index in [4.69, 9.17) is 5.11 Å². The third-order valence-corrected chi connectivity index (χ3v) is 3.38. The number of nitrogens with zero attached hydrogens (tertiary/aromatic N) is 1. The summed E-state index contributed by atoms with van der Waals surface area (Å²) in [5.41, 5.74) is -0.300. The summed E-state index contributed by atoms with van der Waals surface area (Å²) >= 11 is 1.80. The Bertz CT molecular complexity index is 560. The smallest absolute Gasteiger partial charge is 0.328 e. The van der Waals surface area contributed by atoms with E-state index >= 15 is 0 Å². The first-order chi connectivity index (χ1) is 9.23. The lowest BCUT2D eigenvalue weighted by Gasteiger charge is -2.17. The first kappa shape index (κ1) is 16.3. The van der Waals surface area contributed by atoms with Crippen molar-refractivity contribution >= 4 is 40.2 Å². The molecule has 0 aromatic heterocycles. The van der Waals surface area contributed by atoms with Crippen LogP contribution in [0.1, 0.15) is 17.3 Å². The van der Waals surface area contributed by atoms with Gasteiger partial charge in [-0.1, -0.05) is 0 Å². The second kappa shape index (κ2) is 6.61. The summed E-state index contributed by atoms with van der Waals surface area (Å²) in [4.78, 5) is 32.8. The van der Waals surface area contributed by atoms with Crippen LogP contribution in [0.25, 0.3) is 0 Å². The van der Waals surface area contributed by atoms with Crippen molar-refractivity contribution < 1.29 is 24.7 Å². The molecule has 1 amide bonds. The molecule has 0 spiro atoms. The van der Waals surface area contributed by atoms with E-state index in [0.29, 0.717) is 3.57 Å². The third kappa shape index (κ3) is 3.87. The number of nitro benzene ring substituents is 1. The predicted octanol–water partition coefficient (Wildman–Crippen LogP) is 0.763. The molecule has 2 atom stereocenters. The monoisotopic (exact) mass is 394 g/mol. The van der Waals surface area contributed by atoms with E-state index in [1.54, 1.807) is 22.6 Å². The quantitative estimate of drug-likeness (QED) is 0.384. The Labute approximate surface area is 127 Å². The van der Waals surface area contributed by atoms with Gasteiger partial charge < -0.3 is 15.5 Å². The van der Waals surface area contributed by atoms with Crippen molar-refractivity contribution in [1.82, 2.24) is 5.32 Å². The van der Waals surface area contributed by atoms with Gasteiger partial charge in [-0.3, -0.25) is 14.9 Å². The van der Waals surface area contributed by atoms with E-state index in [2.05, 4.69) is 5.32 Å². The Morgan fingerprint density at radius 2 is 2.05 bits per heavy atom. The standard InChI is InChI=1S/C11H11IN2O6/c1-5(15)9(11(17)18)13-10(16)7-4-6(14(19)20)2-3-8(7)12/h2-5,9,15H,1H3,(H,13,16)(H,17,18)/t5-,9+/m1/s1. The molecule has 1 aromatic carbocycles. The summed E-state index contributed by atoms with van der Waals surface area (Å²) in [6.07, 6.45) is -1.30. The molecule has 0 fully saturated rings. The molecule has 9 heteroatoms. The lowest BCUT2D eigenvalue weighted by molar-refractivity contribution is -0.384. The molecule has 0 aliphatic carbocycles. The highest BCUT2D eigenvalue weighted by Gasteiger charge is 2.26. The van der Waals surface area contributed by atoms with Gasteiger partial charge in [-0.05, 0) is 35.6 Å². The Morgan fingerprint density at radius 1 is 1.45 bits per heavy atom. The molecule has 108 valence electrons. The van der Waals surface area contributed by atoms with E-state index in [9.17, 15) is 24.8 Å². The molecule has 3 N–H and O–H groups in total. The van der Waals surface area contributed by atoms with Gasteiger partial charge in [0.2, 0.25) is 0 Å². The fourth-order valence-electron chi connectivity index (χ4n) is 1.41. The number of amides is 1. The number of carboxylic acid groups (broad SMARTS) is 1. The normalized spacial score (nSPS) is 13.3. The number of halogens is 1. The van der Waals surface area contributed by atoms with Gasteiger partial charge in [0.25, 0.3) is 11.6 Å². The summed E-state index contributed by atoms with van der Waals surface area (Å²) in [5, 5.41) is 30.9. The molecule has 0 aliphatic rings. The van der Waals surface area contributed by atoms with Gasteiger partial charge in [-0.2, -0.15) is 0 Å². The minimum atomic E-state index is -1.49. The van der Waals surface area contributed by atoms with E-state index in [1.807, 2.05) is 0 Å². The Kier molecular flexibility index (Phi) is 5.39. The number of nitrogens with one attached hydrogen (secondary N) is 1. The summed E-state index contributed by atoms with van der Waals surface area (Å²) in [7, 11) is 0. The van der Waals surface area contributed by atoms with Crippen LogP contribution >= 0.6 is 22.6 Å². The van der Waals surface area contributed by atoms with Crippen LogP contribution in [0.5, 0.6) is 0 Å². The van der Waals surface area contributed by atoms with Crippen LogP contribution in [-0.2, 0) is 4.79 Å². The lowest BCUT2D eigenvalue weighted by atomic mass is 10.1. The average molecular weight is 394 g/mol. The van der Waals surface area contributed by atoms with Crippen molar-refractivity contribution in [2.45, 2.75) is 19.1 Å². The highest BCUT2D eigenvalue weighted by atomic mass is 127. The first-order valence-electron chi connectivity index (χ1n) is 5.39. The number of aliphatic hydroxyl groups excluding tert-OH is 1. The summed E-state index contributed by atoms with van der Waals surface area (Å²) < 4.78 is 0.431. The number of non-ortho nitro benzene ring substituents is 1. The van der Waals surface area contributed by atoms with Gasteiger partial charge in [-0.25, -0.2) is 4.79 Å². The number of aliphatic carboxylic acids is 1. The zero-order valence-electron chi connectivity index (χ0n) is 10.2. The van der Waals surface area contributed by atoms with Crippen LogP contribution in [0.3, 0.4) is 0 Å². The molecule has 8 nitrogen and oxygen atoms in total. The number of carbonyl (C=O) groups excluding carboxylic acids is 1. The van der Waals surface area contributed by atoms with Crippen molar-refractivity contribution in [3.8, 4) is 0 Å². The molecule has 0 saturated heterocycles. The minimum Gasteiger partial charge on any atom is -0.480 e. The van der Waals surface area contributed by atoms with Gasteiger partial charge in [-0.15, -0.1) is 0 Å². The van der Waals surface area contributed by atoms with Crippen LogP contribution < -0.4 is 5.32 Å². The maximum absolute atomic E-state index is 11.9. The average Bonchev–Trinajstić information content (AvgIpc) is 2.34. The fraction of sp³-hybridized carbons (Fsp3) is 0.273. The van der Waals surface area contributed by atoms with Crippen molar-refractivity contribution in [2.75, 3.05) is 0 Å². The van der Waals surface area contributed by atoms with E-state index in [1.165, 1.54) is 19.1 Å². The Balaban J connectivity index is 3.05. The number of rotatable bonds is 5. The first-order valence-corrected chi connectivity index (χ1v) is 6.47. The van der Waals surface area contributed by atoms with Gasteiger partial charge >= 0.3 is 5.97 Å². The zero-order valence-corrected chi connectivity index (χ0v) is 12.4. The molecule has 0 aliphatic heterocycles. The second-order valence-corrected chi connectivity index (χ2v) is 5.11. The molecule has 0 radical (unpaired) electrons. The van der Waals surface area contributed by atoms with Crippen molar-refractivity contribution in [3.05, 3.63) is 37.4 Å². The van der Waals surface area contributed by atoms with Gasteiger partial charge in [0.1, 0.15) is 0 Å². The van der Waals surface area contributed by atoms with Gasteiger partial charge in [0, 0.05) is 15.7 Å². The van der Waals surface area contributed by atoms with Crippen molar-refractivity contribution in [1.29, 1.82) is 0 Å². The van der Waals surface area contributed by atoms with E-state index < -0.39 is 28.9 Å². The van der Waals surface area contributed by atoms with Gasteiger partial charge in [0.15, 0.2) is 6.04 Å². The van der Waals surface area contributed by atoms with Crippen molar-refractivity contribution in [3.63, 3.8) is 0 Å². The predicted molar refractivity (Wildman–Crippen MR) is 76.4 cm³/mol. The number of aliphatic hydroxyl groups is 1. The molecule has 0 bridgehead atoms. The summed E-state index contributed by atoms with van der Waals surface area (Å²) in [6, 6.07) is 2.18. The number of carbonyl (C=O) groups is 2. The minimum absolute atomic E-state index is 0.0216. The number of carboxylic acids is 1. The molecule has 0 heterocycles. The van der Waals surface area contributed by atoms with E-state index in [0.717, 1.165) is 6.07 Å². The van der Waals surface area contributed by atoms with Gasteiger partial charge in [0.05, 0.1) is 16.6 Å². The van der Waals surface area contributed by atoms with Crippen LogP contribution in [-0.4, -0.2) is 39.2 Å². The molecule has 1 aromatic rings. The molecular formula is C11H11IN2O6. The molecule has 1 rings (SSSR count). The van der Waals surface area contributed by atoms with Crippen LogP contribution in [0, 0.1) is 13.7 Å². The number of nitro groups is 1. The molecule has 0 saturated carbocycles. The largest absolute Gasteiger partial charge is 0.480 e. The number of hydrogen-bond donors (Lipinski definition) is 3. The molecule has 20 heavy (non-hydrogen) atoms. The van der Waals surface area contributed by atoms with Crippen molar-refractivity contribution in [2.24, 2.45) is 0 Å². The van der Waals surface area contributed by atoms with Crippen LogP contribution in [0.2, 0.25) is 0 Å². The summed E-state index contributed by atoms with van der Waals surface area (Å²) in [5.74, 6) is -2.19. The zero-order chi connectivity index (χ0) is 15.4. The SMILES string of the molecule is C[C@@H](O)[C@H](NC(=O)c1cc([N+](=O)[O-])ccc1I)C(=O)O. The third-order valence-electron chi connectivity index (χ3n) is 2.44. The molecule has 0 unspecified atom stereocenters. The molecular weight excluding hydrogens is 383 g/mol. The summed E-state index contributed by atoms with van der Waals surface area (Å²) in [6.45, 7) is 1.22. The fourth-order valence-corrected chi connectivity index (χ4v) is 1.99. The van der Waals surface area contributed by atoms with E-state index in [-0.39, 0.29) is 11.3 Å². The van der Waals surface area contributed by atoms with Crippen LogP contribution in [0.4, 0.5) is 5.69 Å². The van der Waals surface area contributed by atoms with Crippen LogP contribution in [0.15, 0.2) is 18.2 Å². The Hall–Kier alpha value is -1.75.